The highest BCUT2D eigenvalue weighted by Gasteiger charge is 2.21. The number of carbonyl (C=O) groups is 1. The van der Waals surface area contributed by atoms with Gasteiger partial charge in [-0.15, -0.1) is 0 Å². The van der Waals surface area contributed by atoms with Gasteiger partial charge in [0.2, 0.25) is 5.91 Å². The summed E-state index contributed by atoms with van der Waals surface area (Å²) >= 11 is 0. The lowest BCUT2D eigenvalue weighted by molar-refractivity contribution is -0.133. The Bertz CT molecular complexity index is 1010. The topological polar surface area (TPSA) is 63.4 Å². The fourth-order valence-corrected chi connectivity index (χ4v) is 3.51. The highest BCUT2D eigenvalue weighted by molar-refractivity contribution is 6.07. The molecule has 0 bridgehead atoms. The van der Waals surface area contributed by atoms with Crippen molar-refractivity contribution >= 4 is 27.7 Å². The largest absolute Gasteiger partial charge is 0.339 e. The Morgan fingerprint density at radius 2 is 1.80 bits per heavy atom. The number of aryl methyl sites for hydroxylation is 1. The summed E-state index contributed by atoms with van der Waals surface area (Å²) in [6.45, 7) is 3.09. The molecule has 0 unspecified atom stereocenters. The van der Waals surface area contributed by atoms with Crippen molar-refractivity contribution in [2.75, 3.05) is 33.2 Å². The third-order valence-corrected chi connectivity index (χ3v) is 5.05. The zero-order valence-corrected chi connectivity index (χ0v) is 14.5. The lowest BCUT2D eigenvalue weighted by atomic mass is 10.2. The highest BCUT2D eigenvalue weighted by atomic mass is 16.2. The van der Waals surface area contributed by atoms with E-state index < -0.39 is 0 Å². The van der Waals surface area contributed by atoms with Gasteiger partial charge >= 0.3 is 0 Å². The number of benzene rings is 1. The van der Waals surface area contributed by atoms with Gasteiger partial charge in [0.05, 0.1) is 6.20 Å². The van der Waals surface area contributed by atoms with E-state index in [0.717, 1.165) is 29.4 Å². The second-order valence-corrected chi connectivity index (χ2v) is 6.63. The first-order chi connectivity index (χ1) is 12.1. The lowest BCUT2D eigenvalue weighted by Gasteiger charge is -2.32. The minimum absolute atomic E-state index is 0.0139. The van der Waals surface area contributed by atoms with Crippen LogP contribution in [0, 0.1) is 0 Å². The molecular formula is C18H21N5O2. The Morgan fingerprint density at radius 1 is 1.08 bits per heavy atom. The Labute approximate surface area is 145 Å². The first kappa shape index (κ1) is 15.8. The molecule has 0 radical (unpaired) electrons. The van der Waals surface area contributed by atoms with E-state index in [1.165, 1.54) is 4.68 Å². The number of amides is 1. The summed E-state index contributed by atoms with van der Waals surface area (Å²) in [5.41, 5.74) is 1.35. The van der Waals surface area contributed by atoms with Crippen molar-refractivity contribution in [2.45, 2.75) is 6.54 Å². The number of likely N-dealkylation sites (N-methyl/N-ethyl adjacent to an activating group) is 1. The Balaban J connectivity index is 1.70. The first-order valence-electron chi connectivity index (χ1n) is 8.46. The highest BCUT2D eigenvalue weighted by Crippen LogP contribution is 2.24. The predicted octanol–water partition coefficient (Wildman–Crippen LogP) is 0.662. The van der Waals surface area contributed by atoms with Gasteiger partial charge in [-0.05, 0) is 13.1 Å². The van der Waals surface area contributed by atoms with E-state index in [4.69, 9.17) is 0 Å². The average molecular weight is 339 g/mol. The zero-order chi connectivity index (χ0) is 17.6. The van der Waals surface area contributed by atoms with Crippen LogP contribution in [0.25, 0.3) is 21.8 Å². The number of carbonyl (C=O) groups excluding carboxylic acids is 1. The van der Waals surface area contributed by atoms with E-state index in [1.807, 2.05) is 42.9 Å². The van der Waals surface area contributed by atoms with Crippen molar-refractivity contribution in [1.29, 1.82) is 0 Å². The lowest BCUT2D eigenvalue weighted by Crippen LogP contribution is -2.48. The maximum absolute atomic E-state index is 12.9. The molecular weight excluding hydrogens is 318 g/mol. The minimum atomic E-state index is -0.223. The number of hydrogen-bond acceptors (Lipinski definition) is 4. The van der Waals surface area contributed by atoms with Crippen molar-refractivity contribution < 1.29 is 4.79 Å². The van der Waals surface area contributed by atoms with Gasteiger partial charge in [-0.3, -0.25) is 9.59 Å². The van der Waals surface area contributed by atoms with Crippen LogP contribution in [0.1, 0.15) is 0 Å². The molecule has 0 atom stereocenters. The summed E-state index contributed by atoms with van der Waals surface area (Å²) in [4.78, 5) is 29.4. The van der Waals surface area contributed by atoms with E-state index in [2.05, 4.69) is 10.00 Å². The number of fused-ring (bicyclic) bond motifs is 3. The van der Waals surface area contributed by atoms with Crippen LogP contribution in [0.4, 0.5) is 0 Å². The van der Waals surface area contributed by atoms with Gasteiger partial charge in [0.25, 0.3) is 5.56 Å². The summed E-state index contributed by atoms with van der Waals surface area (Å²) in [6.07, 6.45) is 1.69. The van der Waals surface area contributed by atoms with Crippen LogP contribution < -0.4 is 5.56 Å². The van der Waals surface area contributed by atoms with Crippen LogP contribution in [-0.4, -0.2) is 63.3 Å². The molecule has 0 saturated carbocycles. The van der Waals surface area contributed by atoms with Crippen LogP contribution in [0.15, 0.2) is 35.3 Å². The smallest absolute Gasteiger partial charge is 0.291 e. The van der Waals surface area contributed by atoms with Crippen molar-refractivity contribution in [1.82, 2.24) is 24.1 Å². The molecule has 1 saturated heterocycles. The molecule has 1 fully saturated rings. The van der Waals surface area contributed by atoms with Crippen molar-refractivity contribution in [3.63, 3.8) is 0 Å². The van der Waals surface area contributed by atoms with Gasteiger partial charge in [0, 0.05) is 49.5 Å². The number of para-hydroxylation sites is 1. The number of aromatic nitrogens is 3. The molecule has 2 aromatic heterocycles. The van der Waals surface area contributed by atoms with Crippen LogP contribution in [0.3, 0.4) is 0 Å². The molecule has 3 aromatic rings. The van der Waals surface area contributed by atoms with Crippen LogP contribution in [0.2, 0.25) is 0 Å². The molecule has 7 nitrogen and oxygen atoms in total. The van der Waals surface area contributed by atoms with Gasteiger partial charge in [-0.2, -0.15) is 5.10 Å². The van der Waals surface area contributed by atoms with Crippen molar-refractivity contribution in [3.8, 4) is 0 Å². The summed E-state index contributed by atoms with van der Waals surface area (Å²) in [5, 5.41) is 6.08. The second kappa shape index (κ2) is 6.00. The monoisotopic (exact) mass is 339 g/mol. The minimum Gasteiger partial charge on any atom is -0.339 e. The normalized spacial score (nSPS) is 16.0. The van der Waals surface area contributed by atoms with E-state index in [0.29, 0.717) is 18.6 Å². The standard InChI is InChI=1S/C18H21N5O2/c1-20-7-9-22(10-8-20)16(24)12-23-18(25)17-14(11-19-23)13-5-3-4-6-15(13)21(17)2/h3-6,11H,7-10,12H2,1-2H3. The third kappa shape index (κ3) is 2.60. The van der Waals surface area contributed by atoms with Gasteiger partial charge in [0.15, 0.2) is 0 Å². The summed E-state index contributed by atoms with van der Waals surface area (Å²) in [7, 11) is 3.92. The summed E-state index contributed by atoms with van der Waals surface area (Å²) in [6, 6.07) is 7.86. The molecule has 7 heteroatoms. The maximum Gasteiger partial charge on any atom is 0.291 e. The SMILES string of the molecule is CN1CCN(C(=O)Cn2ncc3c4ccccc4n(C)c3c2=O)CC1. The zero-order valence-electron chi connectivity index (χ0n) is 14.5. The van der Waals surface area contributed by atoms with E-state index >= 15 is 0 Å². The Kier molecular flexibility index (Phi) is 3.80. The molecule has 3 heterocycles. The molecule has 1 aliphatic rings. The van der Waals surface area contributed by atoms with Crippen LogP contribution in [-0.2, 0) is 18.4 Å². The first-order valence-corrected chi connectivity index (χ1v) is 8.46. The molecule has 1 aromatic carbocycles. The number of rotatable bonds is 2. The molecule has 130 valence electrons. The third-order valence-electron chi connectivity index (χ3n) is 5.05. The van der Waals surface area contributed by atoms with Crippen LogP contribution >= 0.6 is 0 Å². The molecule has 25 heavy (non-hydrogen) atoms. The number of hydrogen-bond donors (Lipinski definition) is 0. The van der Waals surface area contributed by atoms with Gasteiger partial charge in [-0.25, -0.2) is 4.68 Å². The second-order valence-electron chi connectivity index (χ2n) is 6.63. The van der Waals surface area contributed by atoms with Crippen molar-refractivity contribution in [2.24, 2.45) is 7.05 Å². The molecule has 1 aliphatic heterocycles. The fraction of sp³-hybridized carbons (Fsp3) is 0.389. The quantitative estimate of drug-likeness (QED) is 0.688. The van der Waals surface area contributed by atoms with E-state index in [-0.39, 0.29) is 18.0 Å². The Hall–Kier alpha value is -2.67. The average Bonchev–Trinajstić information content (AvgIpc) is 2.91. The summed E-state index contributed by atoms with van der Waals surface area (Å²) in [5.74, 6) is -0.0548. The maximum atomic E-state index is 12.9. The molecule has 0 spiro atoms. The Morgan fingerprint density at radius 3 is 2.56 bits per heavy atom. The molecule has 0 N–H and O–H groups in total. The van der Waals surface area contributed by atoms with Gasteiger partial charge in [0.1, 0.15) is 12.1 Å². The summed E-state index contributed by atoms with van der Waals surface area (Å²) < 4.78 is 3.16. The van der Waals surface area contributed by atoms with Crippen LogP contribution in [0.5, 0.6) is 0 Å². The van der Waals surface area contributed by atoms with Crippen molar-refractivity contribution in [3.05, 3.63) is 40.8 Å². The van der Waals surface area contributed by atoms with E-state index in [1.54, 1.807) is 11.1 Å². The molecule has 4 rings (SSSR count). The van der Waals surface area contributed by atoms with E-state index in [9.17, 15) is 9.59 Å². The molecule has 1 amide bonds. The van der Waals surface area contributed by atoms with Gasteiger partial charge < -0.3 is 14.4 Å². The predicted molar refractivity (Wildman–Crippen MR) is 96.6 cm³/mol. The number of nitrogens with zero attached hydrogens (tertiary/aromatic N) is 5. The number of piperazine rings is 1. The fourth-order valence-electron chi connectivity index (χ4n) is 3.51. The van der Waals surface area contributed by atoms with Gasteiger partial charge in [-0.1, -0.05) is 18.2 Å². The molecule has 0 aliphatic carbocycles.